The van der Waals surface area contributed by atoms with Gasteiger partial charge in [-0.05, 0) is 177 Å². The summed E-state index contributed by atoms with van der Waals surface area (Å²) in [5, 5.41) is 37.3. The molecule has 4 saturated heterocycles. The lowest BCUT2D eigenvalue weighted by molar-refractivity contribution is -0.147. The molecule has 2 unspecified atom stereocenters. The van der Waals surface area contributed by atoms with Crippen LogP contribution in [0, 0.1) is 23.7 Å². The van der Waals surface area contributed by atoms with E-state index in [1.807, 2.05) is 88.1 Å². The number of nitrogens with zero attached hydrogens (tertiary/aromatic N) is 11. The number of carbonyl (C=O) groups is 12. The van der Waals surface area contributed by atoms with Crippen molar-refractivity contribution in [1.82, 2.24) is 59.9 Å². The summed E-state index contributed by atoms with van der Waals surface area (Å²) in [6, 6.07) is 29.9. The number of anilines is 8. The van der Waals surface area contributed by atoms with Gasteiger partial charge in [0.05, 0.1) is 129 Å². The molecule has 0 saturated carbocycles. The molecule has 16 rings (SSSR count). The van der Waals surface area contributed by atoms with E-state index in [9.17, 15) is 57.5 Å². The van der Waals surface area contributed by atoms with E-state index in [2.05, 4.69) is 128 Å². The molecule has 4 fully saturated rings. The number of hydrogen-bond acceptors (Lipinski definition) is 29. The van der Waals surface area contributed by atoms with Crippen LogP contribution < -0.4 is 70.8 Å². The average Bonchev–Trinajstić information content (AvgIpc) is 0.979. The van der Waals surface area contributed by atoms with E-state index >= 15 is 0 Å². The number of carbonyl (C=O) groups excluding carboxylic acids is 11. The van der Waals surface area contributed by atoms with Crippen molar-refractivity contribution in [3.63, 3.8) is 0 Å². The minimum absolute atomic E-state index is 0.0817. The molecule has 0 spiro atoms. The molecule has 0 aliphatic carbocycles. The van der Waals surface area contributed by atoms with Gasteiger partial charge in [-0.2, -0.15) is 0 Å². The highest BCUT2D eigenvalue weighted by Crippen LogP contribution is 2.41. The first kappa shape index (κ1) is 94.0. The van der Waals surface area contributed by atoms with Gasteiger partial charge in [0.25, 0.3) is 0 Å². The highest BCUT2D eigenvalue weighted by atomic mass is 32.1. The van der Waals surface area contributed by atoms with Gasteiger partial charge in [0.15, 0.2) is 20.5 Å². The Bertz CT molecular complexity index is 5770. The molecular weight excluding hydrogens is 1730 g/mol. The summed E-state index contributed by atoms with van der Waals surface area (Å²) in [5.41, 5.74) is 30.0. The molecule has 8 atom stereocenters. The first-order valence-corrected chi connectivity index (χ1v) is 44.6. The molecule has 37 nitrogen and oxygen atoms in total. The predicted octanol–water partition coefficient (Wildman–Crippen LogP) is 10.9. The fraction of sp³-hybridized carbons (Fsp3) is 0.318. The van der Waals surface area contributed by atoms with E-state index in [1.165, 1.54) is 96.9 Å². The zero-order valence-electron chi connectivity index (χ0n) is 71.7. The van der Waals surface area contributed by atoms with Crippen molar-refractivity contribution in [2.75, 3.05) is 96.9 Å². The molecule has 0 radical (unpaired) electrons. The van der Waals surface area contributed by atoms with Crippen molar-refractivity contribution < 1.29 is 62.6 Å². The van der Waals surface area contributed by atoms with Crippen LogP contribution in [0.4, 0.5) is 43.3 Å². The van der Waals surface area contributed by atoms with Crippen LogP contribution in [0.25, 0.3) is 40.9 Å². The maximum absolute atomic E-state index is 13.1. The summed E-state index contributed by atoms with van der Waals surface area (Å²) in [7, 11) is 7.40. The molecule has 4 aliphatic rings. The maximum Gasteiger partial charge on any atom is 0.394 e. The van der Waals surface area contributed by atoms with Gasteiger partial charge in [-0.1, -0.05) is 97.3 Å². The fourth-order valence-corrected chi connectivity index (χ4v) is 18.4. The molecule has 12 aromatic rings. The lowest BCUT2D eigenvalue weighted by Gasteiger charge is -2.38. The number of rotatable bonds is 16. The van der Waals surface area contributed by atoms with Gasteiger partial charge in [-0.15, -0.1) is 0 Å². The number of nitrogens with two attached hydrogens (primary N) is 4. The van der Waals surface area contributed by atoms with Crippen LogP contribution >= 0.6 is 45.3 Å². The Morgan fingerprint density at radius 2 is 0.612 bits per heavy atom. The number of fused-ring (bicyclic) bond motifs is 4. The number of likely N-dealkylation sites (tertiary alicyclic amines) is 3. The molecule has 0 bridgehead atoms. The summed E-state index contributed by atoms with van der Waals surface area (Å²) in [6.45, 7) is 11.1. The van der Waals surface area contributed by atoms with Crippen molar-refractivity contribution in [1.29, 1.82) is 0 Å². The van der Waals surface area contributed by atoms with Gasteiger partial charge >= 0.3 is 47.3 Å². The van der Waals surface area contributed by atoms with Gasteiger partial charge in [0.1, 0.15) is 0 Å². The molecule has 8 aromatic heterocycles. The maximum atomic E-state index is 13.1. The van der Waals surface area contributed by atoms with Gasteiger partial charge < -0.3 is 90.6 Å². The van der Waals surface area contributed by atoms with E-state index in [1.54, 1.807) is 60.0 Å². The number of thiazole rings is 4. The Morgan fingerprint density at radius 3 is 0.868 bits per heavy atom. The second kappa shape index (κ2) is 42.9. The van der Waals surface area contributed by atoms with E-state index in [0.29, 0.717) is 25.7 Å². The van der Waals surface area contributed by atoms with Gasteiger partial charge in [0, 0.05) is 78.7 Å². The number of aromatic nitrogens is 8. The van der Waals surface area contributed by atoms with Crippen molar-refractivity contribution in [3.8, 4) is 0 Å². The number of piperidine rings is 4. The fourth-order valence-electron chi connectivity index (χ4n) is 15.2. The summed E-state index contributed by atoms with van der Waals surface area (Å²) in [6.07, 6.45) is 18.1. The Hall–Kier alpha value is -14.2. The van der Waals surface area contributed by atoms with Gasteiger partial charge in [-0.25, -0.2) is 24.7 Å². The SMILES string of the molecule is CNc1nc2cc(C3CCC(C)CN3)ccc2s1.CNc1nc2cc([C@@H]3CC[C@@H](C)CN3C(=O)C(=O)Nc3cncc(C(N)=O)c3)ccc2s1.CNc1nc2cc([C@@H]3CC[C@@H](C)CN3C(=O)C(=O)Nc3cncc(C(N)=O)c3)ccc2s1.CNc1nc2cc([C@H]3CC[C@H](C)CN3C(=O)C(=O)Nc3cncc(C(N)=O)c3)ccc2s1.NC(=O)c1cncc(NC(=O)C(=O)O)c1. The van der Waals surface area contributed by atoms with Crippen LogP contribution in [0.5, 0.6) is 0 Å². The third kappa shape index (κ3) is 24.1. The van der Waals surface area contributed by atoms with Crippen molar-refractivity contribution in [2.45, 2.75) is 103 Å². The number of nitrogens with one attached hydrogen (secondary N) is 9. The van der Waals surface area contributed by atoms with Crippen LogP contribution in [0.15, 0.2) is 147 Å². The molecule has 11 amide bonds. The van der Waals surface area contributed by atoms with E-state index in [4.69, 9.17) is 28.0 Å². The number of benzene rings is 4. The minimum Gasteiger partial charge on any atom is -0.474 e. The highest BCUT2D eigenvalue weighted by molar-refractivity contribution is 7.23. The standard InChI is InChI=1S/3C22H24N6O3S.C14H19N3S.C8H7N3O4/c3*1-12-3-5-17(13-4-6-18-16(8-13)27-22(24-2)32-18)28(11-12)21(31)20(30)26-15-7-14(19(23)29)9-25-10-15;1-9-3-5-11(16-8-9)10-4-6-13-12(7-10)17-14(15-2)18-13;9-6(12)4-1-5(3-10-2-4)11-7(13)8(14)15/h3*4,6-10,12,17H,3,5,11H2,1-2H3,(H2,23,29)(H,24,27)(H,26,30);4,6-7,9,11,16H,3,5,8H2,1-2H3,(H,15,17);1-3H,(H2,9,12)(H,11,13)(H,14,15)/t3*12-,17+;;/m110../s1. The van der Waals surface area contributed by atoms with Crippen LogP contribution in [-0.2, 0) is 38.4 Å². The van der Waals surface area contributed by atoms with E-state index in [-0.39, 0.29) is 80.9 Å². The van der Waals surface area contributed by atoms with Crippen LogP contribution in [-0.4, -0.2) is 185 Å². The van der Waals surface area contributed by atoms with E-state index < -0.39 is 70.9 Å². The Kier molecular flexibility index (Phi) is 31.2. The van der Waals surface area contributed by atoms with Crippen molar-refractivity contribution in [2.24, 2.45) is 46.6 Å². The lowest BCUT2D eigenvalue weighted by atomic mass is 9.89. The lowest BCUT2D eigenvalue weighted by Crippen LogP contribution is -2.46. The summed E-state index contributed by atoms with van der Waals surface area (Å²) < 4.78 is 4.42. The molecular formula is C88H98N24O13S4. The number of pyridine rings is 4. The quantitative estimate of drug-likeness (QED) is 0.0400. The predicted molar refractivity (Wildman–Crippen MR) is 498 cm³/mol. The van der Waals surface area contributed by atoms with E-state index in [0.717, 1.165) is 124 Å². The second-order valence-corrected chi connectivity index (χ2v) is 35.6. The normalized spacial score (nSPS) is 18.2. The first-order chi connectivity index (χ1) is 61.8. The van der Waals surface area contributed by atoms with Crippen LogP contribution in [0.2, 0.25) is 0 Å². The number of carboxylic acid groups (broad SMARTS) is 1. The van der Waals surface area contributed by atoms with Crippen molar-refractivity contribution >= 4 is 200 Å². The Labute approximate surface area is 756 Å². The van der Waals surface area contributed by atoms with Crippen LogP contribution in [0.3, 0.4) is 0 Å². The summed E-state index contributed by atoms with van der Waals surface area (Å²) in [5.74, 6) is -8.10. The molecule has 41 heteroatoms. The van der Waals surface area contributed by atoms with Gasteiger partial charge in [0.2, 0.25) is 23.6 Å². The number of amides is 11. The third-order valence-electron chi connectivity index (χ3n) is 21.9. The molecule has 4 aliphatic heterocycles. The molecule has 129 heavy (non-hydrogen) atoms. The smallest absolute Gasteiger partial charge is 0.394 e. The van der Waals surface area contributed by atoms with Crippen LogP contribution in [0.1, 0.15) is 167 Å². The summed E-state index contributed by atoms with van der Waals surface area (Å²) >= 11 is 6.40. The zero-order valence-corrected chi connectivity index (χ0v) is 74.9. The number of aliphatic carboxylic acids is 1. The Balaban J connectivity index is 0.000000150. The Morgan fingerprint density at radius 1 is 0.349 bits per heavy atom. The molecule has 4 aromatic carbocycles. The third-order valence-corrected chi connectivity index (χ3v) is 26.1. The summed E-state index contributed by atoms with van der Waals surface area (Å²) in [4.78, 5) is 182. The highest BCUT2D eigenvalue weighted by Gasteiger charge is 2.39. The average molecular weight is 1830 g/mol. The number of primary amides is 4. The van der Waals surface area contributed by atoms with Crippen molar-refractivity contribution in [3.05, 3.63) is 191 Å². The monoisotopic (exact) mass is 1830 g/mol. The number of hydrogen-bond donors (Lipinski definition) is 14. The largest absolute Gasteiger partial charge is 0.474 e. The number of carboxylic acids is 1. The molecule has 18 N–H and O–H groups in total. The zero-order chi connectivity index (χ0) is 92.4. The molecule has 12 heterocycles. The molecule has 672 valence electrons. The van der Waals surface area contributed by atoms with Gasteiger partial charge in [-0.3, -0.25) is 72.7 Å². The second-order valence-electron chi connectivity index (χ2n) is 31.5. The topological polar surface area (TPSA) is 550 Å². The first-order valence-electron chi connectivity index (χ1n) is 41.3. The minimum atomic E-state index is -1.63.